The van der Waals surface area contributed by atoms with Gasteiger partial charge in [0.15, 0.2) is 0 Å². The van der Waals surface area contributed by atoms with Gasteiger partial charge >= 0.3 is 0 Å². The summed E-state index contributed by atoms with van der Waals surface area (Å²) >= 11 is 3.43. The Morgan fingerprint density at radius 3 is 2.80 bits per heavy atom. The number of aromatic nitrogens is 1. The smallest absolute Gasteiger partial charge is 0.0594 e. The first kappa shape index (κ1) is 10.2. The van der Waals surface area contributed by atoms with E-state index in [1.54, 1.807) is 6.20 Å². The van der Waals surface area contributed by atoms with Crippen LogP contribution >= 0.6 is 15.9 Å². The summed E-state index contributed by atoms with van der Waals surface area (Å²) in [7, 11) is 0. The molecular weight excluding hydrogens is 252 g/mol. The van der Waals surface area contributed by atoms with Crippen molar-refractivity contribution in [2.24, 2.45) is 0 Å². The van der Waals surface area contributed by atoms with Gasteiger partial charge in [-0.2, -0.15) is 0 Å². The number of nitrogens with one attached hydrogen (secondary N) is 1. The highest BCUT2D eigenvalue weighted by molar-refractivity contribution is 9.10. The molecule has 0 aliphatic rings. The minimum Gasteiger partial charge on any atom is -0.379 e. The van der Waals surface area contributed by atoms with Crippen molar-refractivity contribution in [1.29, 1.82) is 0 Å². The number of nitrogens with zero attached hydrogens (tertiary/aromatic N) is 1. The van der Waals surface area contributed by atoms with Crippen LogP contribution in [0.25, 0.3) is 0 Å². The Balaban J connectivity index is 1.99. The van der Waals surface area contributed by atoms with E-state index in [1.165, 1.54) is 0 Å². The molecule has 0 aliphatic carbocycles. The van der Waals surface area contributed by atoms with Crippen LogP contribution in [0.1, 0.15) is 5.69 Å². The van der Waals surface area contributed by atoms with E-state index >= 15 is 0 Å². The van der Waals surface area contributed by atoms with Crippen molar-refractivity contribution < 1.29 is 0 Å². The van der Waals surface area contributed by atoms with Crippen molar-refractivity contribution in [2.75, 3.05) is 5.32 Å². The molecule has 0 saturated heterocycles. The number of halogens is 1. The molecule has 1 N–H and O–H groups in total. The Morgan fingerprint density at radius 2 is 2.07 bits per heavy atom. The standard InChI is InChI=1S/C12H11BrN2/c13-10-4-3-6-11(8-10)15-9-12-5-1-2-7-14-12/h1-8,15H,9H2. The summed E-state index contributed by atoms with van der Waals surface area (Å²) in [6, 6.07) is 14.0. The SMILES string of the molecule is Brc1cccc(NCc2ccccn2)c1. The predicted molar refractivity (Wildman–Crippen MR) is 65.7 cm³/mol. The van der Waals surface area contributed by atoms with Crippen LogP contribution < -0.4 is 5.32 Å². The van der Waals surface area contributed by atoms with E-state index < -0.39 is 0 Å². The number of rotatable bonds is 3. The summed E-state index contributed by atoms with van der Waals surface area (Å²) in [6.45, 7) is 0.747. The molecular formula is C12H11BrN2. The second-order valence-corrected chi connectivity index (χ2v) is 4.10. The molecule has 2 aromatic rings. The first-order valence-corrected chi connectivity index (χ1v) is 5.53. The molecule has 3 heteroatoms. The van der Waals surface area contributed by atoms with Gasteiger partial charge in [0.05, 0.1) is 12.2 Å². The zero-order chi connectivity index (χ0) is 10.5. The Bertz CT molecular complexity index is 429. The summed E-state index contributed by atoms with van der Waals surface area (Å²) in [5.41, 5.74) is 2.13. The van der Waals surface area contributed by atoms with Crippen LogP contribution in [0.4, 0.5) is 5.69 Å². The number of anilines is 1. The third-order valence-corrected chi connectivity index (χ3v) is 2.52. The van der Waals surface area contributed by atoms with Crippen molar-refractivity contribution in [3.63, 3.8) is 0 Å². The van der Waals surface area contributed by atoms with Crippen molar-refractivity contribution >= 4 is 21.6 Å². The highest BCUT2D eigenvalue weighted by atomic mass is 79.9. The number of pyridine rings is 1. The van der Waals surface area contributed by atoms with Gasteiger partial charge in [-0.05, 0) is 30.3 Å². The average molecular weight is 263 g/mol. The third-order valence-electron chi connectivity index (χ3n) is 2.02. The summed E-state index contributed by atoms with van der Waals surface area (Å²) in [4.78, 5) is 4.24. The van der Waals surface area contributed by atoms with Crippen LogP contribution in [0.5, 0.6) is 0 Å². The molecule has 0 aliphatic heterocycles. The fourth-order valence-corrected chi connectivity index (χ4v) is 1.69. The normalized spacial score (nSPS) is 9.93. The van der Waals surface area contributed by atoms with Crippen molar-refractivity contribution in [1.82, 2.24) is 4.98 Å². The van der Waals surface area contributed by atoms with Gasteiger partial charge in [-0.15, -0.1) is 0 Å². The van der Waals surface area contributed by atoms with Crippen molar-refractivity contribution in [3.8, 4) is 0 Å². The Morgan fingerprint density at radius 1 is 1.13 bits per heavy atom. The van der Waals surface area contributed by atoms with Crippen LogP contribution in [-0.2, 0) is 6.54 Å². The molecule has 0 fully saturated rings. The number of hydrogen-bond donors (Lipinski definition) is 1. The molecule has 1 heterocycles. The van der Waals surface area contributed by atoms with Crippen molar-refractivity contribution in [3.05, 3.63) is 58.8 Å². The minimum atomic E-state index is 0.747. The maximum absolute atomic E-state index is 4.24. The molecule has 2 nitrogen and oxygen atoms in total. The molecule has 0 atom stereocenters. The third kappa shape index (κ3) is 3.06. The molecule has 0 amide bonds. The maximum Gasteiger partial charge on any atom is 0.0594 e. The second-order valence-electron chi connectivity index (χ2n) is 3.18. The highest BCUT2D eigenvalue weighted by Crippen LogP contribution is 2.15. The summed E-state index contributed by atoms with van der Waals surface area (Å²) in [5.74, 6) is 0. The van der Waals surface area contributed by atoms with Crippen LogP contribution in [0, 0.1) is 0 Å². The van der Waals surface area contributed by atoms with Gasteiger partial charge in [0.2, 0.25) is 0 Å². The first-order valence-electron chi connectivity index (χ1n) is 4.74. The van der Waals surface area contributed by atoms with E-state index in [9.17, 15) is 0 Å². The van der Waals surface area contributed by atoms with E-state index in [-0.39, 0.29) is 0 Å². The molecule has 0 bridgehead atoms. The lowest BCUT2D eigenvalue weighted by Crippen LogP contribution is -2.00. The van der Waals surface area contributed by atoms with Gasteiger partial charge in [0.25, 0.3) is 0 Å². The fourth-order valence-electron chi connectivity index (χ4n) is 1.29. The fraction of sp³-hybridized carbons (Fsp3) is 0.0833. The van der Waals surface area contributed by atoms with E-state index in [4.69, 9.17) is 0 Å². The van der Waals surface area contributed by atoms with Crippen LogP contribution in [-0.4, -0.2) is 4.98 Å². The van der Waals surface area contributed by atoms with Gasteiger partial charge in [0.1, 0.15) is 0 Å². The molecule has 1 aromatic carbocycles. The predicted octanol–water partition coefficient (Wildman–Crippen LogP) is 3.46. The lowest BCUT2D eigenvalue weighted by Gasteiger charge is -2.05. The molecule has 2 rings (SSSR count). The Labute approximate surface area is 97.5 Å². The Kier molecular flexibility index (Phi) is 3.35. The quantitative estimate of drug-likeness (QED) is 0.917. The lowest BCUT2D eigenvalue weighted by atomic mass is 10.3. The molecule has 0 spiro atoms. The monoisotopic (exact) mass is 262 g/mol. The van der Waals surface area contributed by atoms with E-state index in [0.717, 1.165) is 22.4 Å². The molecule has 0 unspecified atom stereocenters. The molecule has 1 aromatic heterocycles. The molecule has 76 valence electrons. The van der Waals surface area contributed by atoms with Crippen LogP contribution in [0.15, 0.2) is 53.1 Å². The van der Waals surface area contributed by atoms with Gasteiger partial charge in [-0.25, -0.2) is 0 Å². The van der Waals surface area contributed by atoms with Gasteiger partial charge in [-0.1, -0.05) is 28.1 Å². The second kappa shape index (κ2) is 4.94. The zero-order valence-corrected chi connectivity index (χ0v) is 9.74. The summed E-state index contributed by atoms with van der Waals surface area (Å²) < 4.78 is 1.08. The van der Waals surface area contributed by atoms with Crippen LogP contribution in [0.3, 0.4) is 0 Å². The number of benzene rings is 1. The Hall–Kier alpha value is -1.35. The van der Waals surface area contributed by atoms with Crippen LogP contribution in [0.2, 0.25) is 0 Å². The van der Waals surface area contributed by atoms with E-state index in [1.807, 2.05) is 42.5 Å². The highest BCUT2D eigenvalue weighted by Gasteiger charge is 1.94. The summed E-state index contributed by atoms with van der Waals surface area (Å²) in [5, 5.41) is 3.31. The maximum atomic E-state index is 4.24. The average Bonchev–Trinajstić information content (AvgIpc) is 2.28. The van der Waals surface area contributed by atoms with Gasteiger partial charge < -0.3 is 5.32 Å². The van der Waals surface area contributed by atoms with E-state index in [0.29, 0.717) is 0 Å². The molecule has 15 heavy (non-hydrogen) atoms. The molecule has 0 saturated carbocycles. The molecule has 0 radical (unpaired) electrons. The van der Waals surface area contributed by atoms with Gasteiger partial charge in [0, 0.05) is 16.4 Å². The largest absolute Gasteiger partial charge is 0.379 e. The van der Waals surface area contributed by atoms with Gasteiger partial charge in [-0.3, -0.25) is 4.98 Å². The first-order chi connectivity index (χ1) is 7.34. The number of hydrogen-bond acceptors (Lipinski definition) is 2. The van der Waals surface area contributed by atoms with E-state index in [2.05, 4.69) is 26.2 Å². The summed E-state index contributed by atoms with van der Waals surface area (Å²) in [6.07, 6.45) is 1.80. The van der Waals surface area contributed by atoms with Crippen molar-refractivity contribution in [2.45, 2.75) is 6.54 Å². The lowest BCUT2D eigenvalue weighted by molar-refractivity contribution is 1.05. The topological polar surface area (TPSA) is 24.9 Å². The minimum absolute atomic E-state index is 0.747. The zero-order valence-electron chi connectivity index (χ0n) is 8.15.